The summed E-state index contributed by atoms with van der Waals surface area (Å²) in [6.07, 6.45) is 4.82. The molecule has 30 heavy (non-hydrogen) atoms. The molecule has 0 spiro atoms. The van der Waals surface area contributed by atoms with E-state index in [4.69, 9.17) is 14.5 Å². The third-order valence-corrected chi connectivity index (χ3v) is 6.19. The Morgan fingerprint density at radius 1 is 1.07 bits per heavy atom. The first kappa shape index (κ1) is 18.9. The maximum Gasteiger partial charge on any atom is 0.219 e. The molecule has 1 fully saturated rings. The first-order valence-electron chi connectivity index (χ1n) is 10.6. The Bertz CT molecular complexity index is 1120. The minimum absolute atomic E-state index is 0.123. The summed E-state index contributed by atoms with van der Waals surface area (Å²) in [6.45, 7) is 4.57. The summed E-state index contributed by atoms with van der Waals surface area (Å²) >= 11 is 0. The molecule has 1 N–H and O–H groups in total. The monoisotopic (exact) mass is 402 g/mol. The third kappa shape index (κ3) is 3.49. The van der Waals surface area contributed by atoms with Gasteiger partial charge in [-0.25, -0.2) is 9.98 Å². The number of ether oxygens (including phenoxy) is 2. The number of phenols is 1. The van der Waals surface area contributed by atoms with E-state index in [1.807, 2.05) is 36.4 Å². The van der Waals surface area contributed by atoms with Crippen molar-refractivity contribution in [2.45, 2.75) is 51.7 Å². The van der Waals surface area contributed by atoms with Gasteiger partial charge in [-0.05, 0) is 43.2 Å². The summed E-state index contributed by atoms with van der Waals surface area (Å²) in [5, 5.41) is 10.9. The fourth-order valence-electron chi connectivity index (χ4n) is 4.55. The molecule has 5 heteroatoms. The number of benzene rings is 2. The van der Waals surface area contributed by atoms with E-state index in [1.54, 1.807) is 18.2 Å². The van der Waals surface area contributed by atoms with E-state index >= 15 is 0 Å². The molecule has 0 amide bonds. The van der Waals surface area contributed by atoms with Gasteiger partial charge in [0.05, 0.1) is 6.04 Å². The average Bonchev–Trinajstić information content (AvgIpc) is 3.12. The average molecular weight is 402 g/mol. The SMILES string of the molecule is CC1(C)CCCC[C@@H]2N=C(c3cccc(Oc4ccc5cccc(O)c5n4)c3)O[C@@H]21. The number of pyridine rings is 1. The van der Waals surface area contributed by atoms with Crippen LogP contribution in [0, 0.1) is 5.41 Å². The van der Waals surface area contributed by atoms with Crippen molar-refractivity contribution in [1.29, 1.82) is 0 Å². The van der Waals surface area contributed by atoms with Crippen LogP contribution >= 0.6 is 0 Å². The molecular weight excluding hydrogens is 376 g/mol. The lowest BCUT2D eigenvalue weighted by molar-refractivity contribution is 0.0645. The molecule has 2 aliphatic rings. The summed E-state index contributed by atoms with van der Waals surface area (Å²) in [4.78, 5) is 9.38. The molecule has 1 aliphatic carbocycles. The summed E-state index contributed by atoms with van der Waals surface area (Å²) in [5.74, 6) is 1.94. The lowest BCUT2D eigenvalue weighted by Crippen LogP contribution is -2.36. The first-order chi connectivity index (χ1) is 14.5. The smallest absolute Gasteiger partial charge is 0.219 e. The summed E-state index contributed by atoms with van der Waals surface area (Å²) < 4.78 is 12.4. The van der Waals surface area contributed by atoms with Gasteiger partial charge in [0, 0.05) is 22.4 Å². The number of phenolic OH excluding ortho intramolecular Hbond substituents is 1. The number of aromatic hydroxyl groups is 1. The zero-order chi connectivity index (χ0) is 20.7. The van der Waals surface area contributed by atoms with Gasteiger partial charge in [-0.1, -0.05) is 44.9 Å². The van der Waals surface area contributed by atoms with Crippen molar-refractivity contribution >= 4 is 16.8 Å². The van der Waals surface area contributed by atoms with Crippen molar-refractivity contribution in [3.05, 3.63) is 60.2 Å². The number of fused-ring (bicyclic) bond motifs is 2. The van der Waals surface area contributed by atoms with Crippen LogP contribution in [0.25, 0.3) is 10.9 Å². The van der Waals surface area contributed by atoms with Crippen LogP contribution in [-0.4, -0.2) is 28.1 Å². The molecule has 1 saturated carbocycles. The van der Waals surface area contributed by atoms with E-state index < -0.39 is 0 Å². The highest BCUT2D eigenvalue weighted by atomic mass is 16.5. The number of para-hydroxylation sites is 1. The second-order valence-corrected chi connectivity index (χ2v) is 8.90. The fraction of sp³-hybridized carbons (Fsp3) is 0.360. The number of hydrogen-bond acceptors (Lipinski definition) is 5. The molecule has 2 atom stereocenters. The predicted octanol–water partition coefficient (Wildman–Crippen LogP) is 5.85. The molecule has 3 aromatic rings. The zero-order valence-corrected chi connectivity index (χ0v) is 17.3. The minimum Gasteiger partial charge on any atom is -0.506 e. The van der Waals surface area contributed by atoms with Gasteiger partial charge in [-0.3, -0.25) is 0 Å². The van der Waals surface area contributed by atoms with Gasteiger partial charge < -0.3 is 14.6 Å². The van der Waals surface area contributed by atoms with Gasteiger partial charge >= 0.3 is 0 Å². The largest absolute Gasteiger partial charge is 0.506 e. The van der Waals surface area contributed by atoms with E-state index in [0.717, 1.165) is 17.4 Å². The van der Waals surface area contributed by atoms with E-state index in [-0.39, 0.29) is 23.3 Å². The Morgan fingerprint density at radius 2 is 1.93 bits per heavy atom. The van der Waals surface area contributed by atoms with Crippen LogP contribution in [0.5, 0.6) is 17.4 Å². The number of hydrogen-bond donors (Lipinski definition) is 1. The van der Waals surface area contributed by atoms with E-state index in [0.29, 0.717) is 23.0 Å². The van der Waals surface area contributed by atoms with Crippen molar-refractivity contribution in [3.63, 3.8) is 0 Å². The van der Waals surface area contributed by atoms with Crippen LogP contribution < -0.4 is 4.74 Å². The van der Waals surface area contributed by atoms with E-state index in [9.17, 15) is 5.11 Å². The highest BCUT2D eigenvalue weighted by Gasteiger charge is 2.43. The Hall–Kier alpha value is -3.08. The number of aromatic nitrogens is 1. The lowest BCUT2D eigenvalue weighted by atomic mass is 9.81. The summed E-state index contributed by atoms with van der Waals surface area (Å²) in [6, 6.07) is 17.0. The van der Waals surface area contributed by atoms with E-state index in [1.165, 1.54) is 19.3 Å². The molecule has 154 valence electrons. The van der Waals surface area contributed by atoms with Crippen LogP contribution in [0.15, 0.2) is 59.6 Å². The van der Waals surface area contributed by atoms with Gasteiger partial charge in [0.25, 0.3) is 0 Å². The number of nitrogens with zero attached hydrogens (tertiary/aromatic N) is 2. The number of aliphatic imine (C=N–C) groups is 1. The van der Waals surface area contributed by atoms with Crippen LogP contribution in [0.3, 0.4) is 0 Å². The van der Waals surface area contributed by atoms with Gasteiger partial charge in [-0.15, -0.1) is 0 Å². The standard InChI is InChI=1S/C25H26N2O3/c1-25(2)14-4-3-10-19-23(25)30-24(26-19)17-8-5-9-18(15-17)29-21-13-12-16-7-6-11-20(28)22(16)27-21/h5-9,11-13,15,19,23,28H,3-4,10,14H2,1-2H3/t19-,23-/m0/s1. The van der Waals surface area contributed by atoms with E-state index in [2.05, 4.69) is 18.8 Å². The highest BCUT2D eigenvalue weighted by molar-refractivity contribution is 5.96. The van der Waals surface area contributed by atoms with Crippen molar-refractivity contribution in [1.82, 2.24) is 4.98 Å². The molecule has 5 nitrogen and oxygen atoms in total. The molecule has 2 heterocycles. The maximum atomic E-state index is 10.1. The van der Waals surface area contributed by atoms with Gasteiger partial charge in [0.2, 0.25) is 11.8 Å². The van der Waals surface area contributed by atoms with Crippen molar-refractivity contribution in [2.75, 3.05) is 0 Å². The third-order valence-electron chi connectivity index (χ3n) is 6.19. The molecule has 0 bridgehead atoms. The molecule has 1 aromatic heterocycles. The Labute approximate surface area is 176 Å². The highest BCUT2D eigenvalue weighted by Crippen LogP contribution is 2.41. The summed E-state index contributed by atoms with van der Waals surface area (Å²) in [5.41, 5.74) is 1.56. The van der Waals surface area contributed by atoms with Crippen LogP contribution in [0.2, 0.25) is 0 Å². The van der Waals surface area contributed by atoms with Crippen LogP contribution in [0.1, 0.15) is 45.1 Å². The first-order valence-corrected chi connectivity index (χ1v) is 10.6. The predicted molar refractivity (Wildman–Crippen MR) is 117 cm³/mol. The minimum atomic E-state index is 0.123. The van der Waals surface area contributed by atoms with Crippen molar-refractivity contribution < 1.29 is 14.6 Å². The van der Waals surface area contributed by atoms with Crippen LogP contribution in [-0.2, 0) is 4.74 Å². The van der Waals surface area contributed by atoms with Gasteiger partial charge in [-0.2, -0.15) is 0 Å². The Kier molecular flexibility index (Phi) is 4.61. The van der Waals surface area contributed by atoms with Crippen molar-refractivity contribution in [3.8, 4) is 17.4 Å². The summed E-state index contributed by atoms with van der Waals surface area (Å²) in [7, 11) is 0. The molecule has 5 rings (SSSR count). The molecule has 0 radical (unpaired) electrons. The maximum absolute atomic E-state index is 10.1. The Morgan fingerprint density at radius 3 is 2.83 bits per heavy atom. The molecular formula is C25H26N2O3. The lowest BCUT2D eigenvalue weighted by Gasteiger charge is -2.31. The molecule has 0 saturated heterocycles. The zero-order valence-electron chi connectivity index (χ0n) is 17.3. The Balaban J connectivity index is 1.40. The topological polar surface area (TPSA) is 63.9 Å². The van der Waals surface area contributed by atoms with Crippen LogP contribution in [0.4, 0.5) is 0 Å². The molecule has 1 aliphatic heterocycles. The normalized spacial score (nSPS) is 22.7. The second-order valence-electron chi connectivity index (χ2n) is 8.90. The number of rotatable bonds is 3. The van der Waals surface area contributed by atoms with Gasteiger partial charge in [0.1, 0.15) is 23.1 Å². The fourth-order valence-corrected chi connectivity index (χ4v) is 4.55. The quantitative estimate of drug-likeness (QED) is 0.597. The second kappa shape index (κ2) is 7.31. The molecule has 2 aromatic carbocycles. The van der Waals surface area contributed by atoms with Crippen molar-refractivity contribution in [2.24, 2.45) is 10.4 Å². The molecule has 0 unspecified atom stereocenters. The van der Waals surface area contributed by atoms with Gasteiger partial charge in [0.15, 0.2) is 0 Å².